The normalized spacial score (nSPS) is 12.2. The molecule has 1 aliphatic heterocycles. The second-order valence-electron chi connectivity index (χ2n) is 7.85. The molecule has 0 spiro atoms. The lowest BCUT2D eigenvalue weighted by atomic mass is 10.1. The third-order valence-corrected chi connectivity index (χ3v) is 5.61. The Hall–Kier alpha value is -4.13. The van der Waals surface area contributed by atoms with E-state index < -0.39 is 0 Å². The highest BCUT2D eigenvalue weighted by Gasteiger charge is 2.15. The van der Waals surface area contributed by atoms with Gasteiger partial charge in [-0.25, -0.2) is 4.98 Å². The zero-order chi connectivity index (χ0) is 22.8. The fraction of sp³-hybridized carbons (Fsp3) is 0.192. The average molecular weight is 441 g/mol. The van der Waals surface area contributed by atoms with Gasteiger partial charge in [0.25, 0.3) is 11.5 Å². The number of amides is 1. The van der Waals surface area contributed by atoms with E-state index in [4.69, 9.17) is 9.47 Å². The molecule has 0 fully saturated rings. The van der Waals surface area contributed by atoms with E-state index in [-0.39, 0.29) is 18.3 Å². The van der Waals surface area contributed by atoms with Crippen molar-refractivity contribution in [1.82, 2.24) is 14.9 Å². The van der Waals surface area contributed by atoms with Crippen LogP contribution in [0.25, 0.3) is 22.3 Å². The van der Waals surface area contributed by atoms with E-state index in [0.717, 1.165) is 23.0 Å². The summed E-state index contributed by atoms with van der Waals surface area (Å²) in [6.45, 7) is 3.24. The van der Waals surface area contributed by atoms with Crippen LogP contribution in [0.4, 0.5) is 0 Å². The Kier molecular flexibility index (Phi) is 5.52. The van der Waals surface area contributed by atoms with Crippen LogP contribution in [0.5, 0.6) is 11.5 Å². The molecule has 33 heavy (non-hydrogen) atoms. The lowest BCUT2D eigenvalue weighted by Crippen LogP contribution is -2.24. The fourth-order valence-corrected chi connectivity index (χ4v) is 3.94. The number of ether oxygens (including phenoxy) is 2. The number of carbonyl (C=O) groups excluding carboxylic acids is 1. The molecule has 166 valence electrons. The summed E-state index contributed by atoms with van der Waals surface area (Å²) in [5, 5.41) is 2.91. The Labute approximate surface area is 190 Å². The highest BCUT2D eigenvalue weighted by molar-refractivity contribution is 5.94. The lowest BCUT2D eigenvalue weighted by Gasteiger charge is -2.12. The number of carbonyl (C=O) groups is 1. The van der Waals surface area contributed by atoms with Crippen LogP contribution in [-0.4, -0.2) is 22.3 Å². The third kappa shape index (κ3) is 4.05. The molecule has 0 radical (unpaired) electrons. The maximum absolute atomic E-state index is 13.1. The maximum Gasteiger partial charge on any atom is 0.277 e. The topological polar surface area (TPSA) is 82.5 Å². The summed E-state index contributed by atoms with van der Waals surface area (Å²) in [6.07, 6.45) is 0.843. The van der Waals surface area contributed by atoms with Gasteiger partial charge >= 0.3 is 0 Å². The first kappa shape index (κ1) is 20.8. The molecule has 1 aromatic heterocycles. The first-order valence-electron chi connectivity index (χ1n) is 10.9. The van der Waals surface area contributed by atoms with Gasteiger partial charge in [-0.1, -0.05) is 37.3 Å². The zero-order valence-corrected chi connectivity index (χ0v) is 18.2. The Morgan fingerprint density at radius 3 is 2.64 bits per heavy atom. The number of benzene rings is 3. The maximum atomic E-state index is 13.1. The largest absolute Gasteiger partial charge is 0.454 e. The van der Waals surface area contributed by atoms with E-state index in [2.05, 4.69) is 10.3 Å². The minimum Gasteiger partial charge on any atom is -0.454 e. The SMILES string of the molecule is CCCn1c(=O)c(-c2ccc(C(=O)NCc3ccc4c(c3)OCO4)cc2)nc2ccccc21. The van der Waals surface area contributed by atoms with E-state index in [1.807, 2.05) is 49.4 Å². The molecule has 0 bridgehead atoms. The number of nitrogens with zero attached hydrogens (tertiary/aromatic N) is 2. The molecular formula is C26H23N3O4. The minimum atomic E-state index is -0.200. The minimum absolute atomic E-state index is 0.129. The molecule has 0 unspecified atom stereocenters. The van der Waals surface area contributed by atoms with E-state index >= 15 is 0 Å². The van der Waals surface area contributed by atoms with Crippen LogP contribution < -0.4 is 20.3 Å². The standard InChI is InChI=1S/C26H23N3O4/c1-2-13-29-21-6-4-3-5-20(21)28-24(26(29)31)18-8-10-19(11-9-18)25(30)27-15-17-7-12-22-23(14-17)33-16-32-22/h3-12,14H,2,13,15-16H2,1H3,(H,27,30). The van der Waals surface area contributed by atoms with Crippen molar-refractivity contribution in [2.45, 2.75) is 26.4 Å². The van der Waals surface area contributed by atoms with Gasteiger partial charge in [0.15, 0.2) is 11.5 Å². The summed E-state index contributed by atoms with van der Waals surface area (Å²) < 4.78 is 12.5. The summed E-state index contributed by atoms with van der Waals surface area (Å²) in [6, 6.07) is 20.2. The molecule has 2 heterocycles. The zero-order valence-electron chi connectivity index (χ0n) is 18.2. The number of hydrogen-bond donors (Lipinski definition) is 1. The molecular weight excluding hydrogens is 418 g/mol. The molecule has 3 aromatic carbocycles. The summed E-state index contributed by atoms with van der Waals surface area (Å²) in [5.74, 6) is 1.19. The molecule has 0 atom stereocenters. The van der Waals surface area contributed by atoms with E-state index in [9.17, 15) is 9.59 Å². The number of aromatic nitrogens is 2. The Morgan fingerprint density at radius 2 is 1.82 bits per heavy atom. The highest BCUT2D eigenvalue weighted by atomic mass is 16.7. The number of para-hydroxylation sites is 2. The second kappa shape index (κ2) is 8.78. The number of fused-ring (bicyclic) bond motifs is 2. The highest BCUT2D eigenvalue weighted by Crippen LogP contribution is 2.32. The van der Waals surface area contributed by atoms with Crippen molar-refractivity contribution in [2.75, 3.05) is 6.79 Å². The van der Waals surface area contributed by atoms with Gasteiger partial charge in [0.2, 0.25) is 6.79 Å². The van der Waals surface area contributed by atoms with Crippen LogP contribution in [0, 0.1) is 0 Å². The lowest BCUT2D eigenvalue weighted by molar-refractivity contribution is 0.0951. The third-order valence-electron chi connectivity index (χ3n) is 5.61. The number of rotatable bonds is 6. The predicted octanol–water partition coefficient (Wildman–Crippen LogP) is 4.13. The number of nitrogens with one attached hydrogen (secondary N) is 1. The van der Waals surface area contributed by atoms with Gasteiger partial charge in [-0.2, -0.15) is 0 Å². The molecule has 0 saturated heterocycles. The van der Waals surface area contributed by atoms with Crippen molar-refractivity contribution in [3.8, 4) is 22.8 Å². The Bertz CT molecular complexity index is 1390. The van der Waals surface area contributed by atoms with Gasteiger partial charge in [-0.3, -0.25) is 9.59 Å². The quantitative estimate of drug-likeness (QED) is 0.487. The second-order valence-corrected chi connectivity index (χ2v) is 7.85. The smallest absolute Gasteiger partial charge is 0.277 e. The molecule has 1 aliphatic rings. The molecule has 5 rings (SSSR count). The van der Waals surface area contributed by atoms with Crippen LogP contribution in [0.2, 0.25) is 0 Å². The van der Waals surface area contributed by atoms with Crippen molar-refractivity contribution in [3.63, 3.8) is 0 Å². The summed E-state index contributed by atoms with van der Waals surface area (Å²) in [5.41, 5.74) is 3.96. The van der Waals surface area contributed by atoms with Crippen LogP contribution in [0.3, 0.4) is 0 Å². The van der Waals surface area contributed by atoms with Gasteiger partial charge in [0, 0.05) is 24.2 Å². The first-order valence-corrected chi connectivity index (χ1v) is 10.9. The van der Waals surface area contributed by atoms with Crippen molar-refractivity contribution in [1.29, 1.82) is 0 Å². The van der Waals surface area contributed by atoms with Crippen LogP contribution in [0.1, 0.15) is 29.3 Å². The van der Waals surface area contributed by atoms with Crippen molar-refractivity contribution in [2.24, 2.45) is 0 Å². The van der Waals surface area contributed by atoms with Crippen LogP contribution >= 0.6 is 0 Å². The van der Waals surface area contributed by atoms with Gasteiger partial charge in [-0.15, -0.1) is 0 Å². The summed E-state index contributed by atoms with van der Waals surface area (Å²) in [4.78, 5) is 30.4. The first-order chi connectivity index (χ1) is 16.1. The van der Waals surface area contributed by atoms with Gasteiger partial charge < -0.3 is 19.4 Å². The Morgan fingerprint density at radius 1 is 1.03 bits per heavy atom. The molecule has 0 aliphatic carbocycles. The molecule has 0 saturated carbocycles. The molecule has 7 nitrogen and oxygen atoms in total. The monoisotopic (exact) mass is 441 g/mol. The van der Waals surface area contributed by atoms with Gasteiger partial charge in [-0.05, 0) is 48.4 Å². The predicted molar refractivity (Wildman–Crippen MR) is 125 cm³/mol. The van der Waals surface area contributed by atoms with Crippen molar-refractivity contribution < 1.29 is 14.3 Å². The average Bonchev–Trinajstić information content (AvgIpc) is 3.32. The Balaban J connectivity index is 1.36. The molecule has 1 amide bonds. The van der Waals surface area contributed by atoms with E-state index in [1.54, 1.807) is 28.8 Å². The van der Waals surface area contributed by atoms with Crippen LogP contribution in [0.15, 0.2) is 71.5 Å². The van der Waals surface area contributed by atoms with Crippen molar-refractivity contribution >= 4 is 16.9 Å². The van der Waals surface area contributed by atoms with E-state index in [0.29, 0.717) is 41.4 Å². The fourth-order valence-electron chi connectivity index (χ4n) is 3.94. The van der Waals surface area contributed by atoms with Gasteiger partial charge in [0.1, 0.15) is 5.69 Å². The summed E-state index contributed by atoms with van der Waals surface area (Å²) >= 11 is 0. The molecule has 1 N–H and O–H groups in total. The van der Waals surface area contributed by atoms with Crippen molar-refractivity contribution in [3.05, 3.63) is 88.2 Å². The van der Waals surface area contributed by atoms with E-state index in [1.165, 1.54) is 0 Å². The van der Waals surface area contributed by atoms with Crippen LogP contribution in [-0.2, 0) is 13.1 Å². The summed E-state index contributed by atoms with van der Waals surface area (Å²) in [7, 11) is 0. The number of aryl methyl sites for hydroxylation is 1. The molecule has 4 aromatic rings. The number of hydrogen-bond acceptors (Lipinski definition) is 5. The van der Waals surface area contributed by atoms with Gasteiger partial charge in [0.05, 0.1) is 11.0 Å². The molecule has 7 heteroatoms.